The number of carbonyl (C=O) groups is 1. The van der Waals surface area contributed by atoms with E-state index >= 15 is 0 Å². The van der Waals surface area contributed by atoms with Gasteiger partial charge in [0.25, 0.3) is 17.0 Å². The number of carbonyl (C=O) groups excluding carboxylic acids is 1. The Morgan fingerprint density at radius 1 is 1.00 bits per heavy atom. The van der Waals surface area contributed by atoms with Gasteiger partial charge in [0, 0.05) is 35.3 Å². The van der Waals surface area contributed by atoms with E-state index < -0.39 is 23.1 Å². The van der Waals surface area contributed by atoms with Gasteiger partial charge in [0.1, 0.15) is 11.4 Å². The molecule has 0 unspecified atom stereocenters. The lowest BCUT2D eigenvalue weighted by Crippen LogP contribution is -2.38. The third kappa shape index (κ3) is 4.81. The Labute approximate surface area is 197 Å². The molecule has 3 N–H and O–H groups in total. The number of methoxy groups -OCH3 is 1. The van der Waals surface area contributed by atoms with Crippen LogP contribution in [0.15, 0.2) is 58.1 Å². The van der Waals surface area contributed by atoms with Crippen molar-refractivity contribution in [2.75, 3.05) is 38.4 Å². The first kappa shape index (κ1) is 24.6. The Morgan fingerprint density at radius 2 is 1.62 bits per heavy atom. The number of aromatic hydroxyl groups is 1. The van der Waals surface area contributed by atoms with Crippen LogP contribution in [0.1, 0.15) is 22.0 Å². The first-order valence-corrected chi connectivity index (χ1v) is 10.6. The highest BCUT2D eigenvalue weighted by Crippen LogP contribution is 2.32. The lowest BCUT2D eigenvalue weighted by Gasteiger charge is -2.23. The van der Waals surface area contributed by atoms with Gasteiger partial charge >= 0.3 is 0 Å². The molecule has 0 saturated carbocycles. The second kappa shape index (κ2) is 10.3. The molecule has 0 aliphatic rings. The number of ether oxygens (including phenoxy) is 1. The van der Waals surface area contributed by atoms with E-state index in [-0.39, 0.29) is 35.0 Å². The summed E-state index contributed by atoms with van der Waals surface area (Å²) >= 11 is 0. The summed E-state index contributed by atoms with van der Waals surface area (Å²) < 4.78 is 7.69. The van der Waals surface area contributed by atoms with Crippen molar-refractivity contribution in [3.63, 3.8) is 0 Å². The summed E-state index contributed by atoms with van der Waals surface area (Å²) in [7, 11) is 7.64. The number of nitrogens with one attached hydrogen (secondary N) is 2. The SMILES string of the molecule is COC[C@@H](Nc1c(Nc2cccc(C(=O)N(C)C)c2O)c(=O)n(C)n(C)c1=O)c1ccccc1. The van der Waals surface area contributed by atoms with Crippen molar-refractivity contribution in [1.29, 1.82) is 0 Å². The number of hydrogen-bond donors (Lipinski definition) is 3. The average molecular weight is 468 g/mol. The van der Waals surface area contributed by atoms with Gasteiger partial charge in [-0.3, -0.25) is 14.4 Å². The molecule has 10 nitrogen and oxygen atoms in total. The lowest BCUT2D eigenvalue weighted by atomic mass is 10.1. The number of rotatable bonds is 8. The van der Waals surface area contributed by atoms with Crippen LogP contribution in [0.3, 0.4) is 0 Å². The van der Waals surface area contributed by atoms with Crippen molar-refractivity contribution in [1.82, 2.24) is 14.3 Å². The predicted molar refractivity (Wildman–Crippen MR) is 131 cm³/mol. The largest absolute Gasteiger partial charge is 0.505 e. The second-order valence-electron chi connectivity index (χ2n) is 8.00. The standard InChI is InChI=1S/C24H29N5O5/c1-27(2)22(31)16-12-9-13-17(21(16)30)25-19-20(24(33)29(4)28(3)23(19)32)26-18(14-34-5)15-10-7-6-8-11-15/h6-13,18,25-26,30H,14H2,1-5H3/t18-/m1/s1. The van der Waals surface area contributed by atoms with Gasteiger partial charge in [-0.2, -0.15) is 0 Å². The molecule has 0 saturated heterocycles. The van der Waals surface area contributed by atoms with Gasteiger partial charge in [-0.15, -0.1) is 0 Å². The zero-order valence-corrected chi connectivity index (χ0v) is 19.8. The highest BCUT2D eigenvalue weighted by Gasteiger charge is 2.23. The van der Waals surface area contributed by atoms with Crippen LogP contribution in [0.2, 0.25) is 0 Å². The summed E-state index contributed by atoms with van der Waals surface area (Å²) in [5.41, 5.74) is 0.0297. The summed E-state index contributed by atoms with van der Waals surface area (Å²) in [4.78, 5) is 40.2. The maximum absolute atomic E-state index is 13.2. The molecular weight excluding hydrogens is 438 g/mol. The number of para-hydroxylation sites is 1. The van der Waals surface area contributed by atoms with Gasteiger partial charge in [0.2, 0.25) is 0 Å². The number of phenolic OH excluding ortho intramolecular Hbond substituents is 1. The molecule has 0 aliphatic heterocycles. The number of anilines is 3. The second-order valence-corrected chi connectivity index (χ2v) is 8.00. The minimum atomic E-state index is -0.502. The highest BCUT2D eigenvalue weighted by molar-refractivity contribution is 5.98. The van der Waals surface area contributed by atoms with Gasteiger partial charge in [-0.25, -0.2) is 9.36 Å². The molecule has 180 valence electrons. The summed E-state index contributed by atoms with van der Waals surface area (Å²) in [6.45, 7) is 0.236. The van der Waals surface area contributed by atoms with E-state index in [1.807, 2.05) is 30.3 Å². The molecule has 10 heteroatoms. The molecule has 0 aliphatic carbocycles. The molecule has 0 spiro atoms. The van der Waals surface area contributed by atoms with Gasteiger partial charge in [-0.05, 0) is 17.7 Å². The molecule has 34 heavy (non-hydrogen) atoms. The van der Waals surface area contributed by atoms with Crippen molar-refractivity contribution >= 4 is 23.0 Å². The smallest absolute Gasteiger partial charge is 0.290 e. The molecule has 2 aromatic carbocycles. The Balaban J connectivity index is 2.14. The first-order valence-electron chi connectivity index (χ1n) is 10.6. The third-order valence-corrected chi connectivity index (χ3v) is 5.50. The van der Waals surface area contributed by atoms with E-state index in [0.717, 1.165) is 10.2 Å². The number of benzene rings is 2. The number of aromatic nitrogens is 2. The number of amides is 1. The fourth-order valence-corrected chi connectivity index (χ4v) is 3.50. The zero-order chi connectivity index (χ0) is 25.0. The van der Waals surface area contributed by atoms with Gasteiger partial charge < -0.3 is 25.4 Å². The average Bonchev–Trinajstić information content (AvgIpc) is 2.83. The molecule has 1 amide bonds. The van der Waals surface area contributed by atoms with E-state index in [1.165, 1.54) is 35.8 Å². The van der Waals surface area contributed by atoms with Crippen LogP contribution in [0.25, 0.3) is 0 Å². The Hall–Kier alpha value is -4.05. The summed E-state index contributed by atoms with van der Waals surface area (Å²) in [5.74, 6) is -0.730. The lowest BCUT2D eigenvalue weighted by molar-refractivity contribution is 0.0824. The Bertz CT molecular complexity index is 1300. The molecule has 3 rings (SSSR count). The van der Waals surface area contributed by atoms with Crippen molar-refractivity contribution in [2.45, 2.75) is 6.04 Å². The molecule has 0 radical (unpaired) electrons. The molecule has 0 fully saturated rings. The molecule has 3 aromatic rings. The number of nitrogens with zero attached hydrogens (tertiary/aromatic N) is 3. The van der Waals surface area contributed by atoms with Crippen LogP contribution in [0.5, 0.6) is 5.75 Å². The van der Waals surface area contributed by atoms with E-state index in [2.05, 4.69) is 10.6 Å². The third-order valence-electron chi connectivity index (χ3n) is 5.50. The van der Waals surface area contributed by atoms with E-state index in [0.29, 0.717) is 0 Å². The highest BCUT2D eigenvalue weighted by atomic mass is 16.5. The molecule has 1 heterocycles. The van der Waals surface area contributed by atoms with Crippen LogP contribution in [0.4, 0.5) is 17.1 Å². The fraction of sp³-hybridized carbons (Fsp3) is 0.292. The van der Waals surface area contributed by atoms with E-state index in [4.69, 9.17) is 4.74 Å². The quantitative estimate of drug-likeness (QED) is 0.434. The van der Waals surface area contributed by atoms with Crippen LogP contribution < -0.4 is 21.8 Å². The van der Waals surface area contributed by atoms with E-state index in [9.17, 15) is 19.5 Å². The van der Waals surface area contributed by atoms with Crippen molar-refractivity contribution in [2.24, 2.45) is 14.1 Å². The summed E-state index contributed by atoms with van der Waals surface area (Å²) in [5, 5.41) is 16.8. The monoisotopic (exact) mass is 467 g/mol. The fourth-order valence-electron chi connectivity index (χ4n) is 3.50. The van der Waals surface area contributed by atoms with Crippen LogP contribution in [0, 0.1) is 0 Å². The number of phenols is 1. The van der Waals surface area contributed by atoms with Crippen LogP contribution in [-0.2, 0) is 18.8 Å². The van der Waals surface area contributed by atoms with Crippen LogP contribution in [-0.4, -0.2) is 53.1 Å². The molecule has 1 atom stereocenters. The van der Waals surface area contributed by atoms with Crippen molar-refractivity contribution in [3.05, 3.63) is 80.4 Å². The normalized spacial score (nSPS) is 11.7. The molecule has 0 bridgehead atoms. The summed E-state index contributed by atoms with van der Waals surface area (Å²) in [6, 6.07) is 13.5. The zero-order valence-electron chi connectivity index (χ0n) is 19.8. The predicted octanol–water partition coefficient (Wildman–Crippen LogP) is 2.03. The number of hydrogen-bond acceptors (Lipinski definition) is 7. The Morgan fingerprint density at radius 3 is 2.21 bits per heavy atom. The van der Waals surface area contributed by atoms with Crippen LogP contribution >= 0.6 is 0 Å². The Kier molecular flexibility index (Phi) is 7.42. The molecular formula is C24H29N5O5. The minimum absolute atomic E-state index is 0.0141. The minimum Gasteiger partial charge on any atom is -0.505 e. The van der Waals surface area contributed by atoms with Gasteiger partial charge in [0.05, 0.1) is 23.9 Å². The first-order chi connectivity index (χ1) is 16.2. The summed E-state index contributed by atoms with van der Waals surface area (Å²) in [6.07, 6.45) is 0. The van der Waals surface area contributed by atoms with Gasteiger partial charge in [0.15, 0.2) is 5.75 Å². The van der Waals surface area contributed by atoms with Gasteiger partial charge in [-0.1, -0.05) is 36.4 Å². The van der Waals surface area contributed by atoms with E-state index in [1.54, 1.807) is 27.3 Å². The molecule has 1 aromatic heterocycles. The maximum atomic E-state index is 13.2. The topological polar surface area (TPSA) is 118 Å². The maximum Gasteiger partial charge on any atom is 0.290 e. The van der Waals surface area contributed by atoms with Crippen molar-refractivity contribution in [3.8, 4) is 5.75 Å². The van der Waals surface area contributed by atoms with Crippen molar-refractivity contribution < 1.29 is 14.6 Å².